The number of likely N-dealkylation sites (N-methyl/N-ethyl adjacent to an activating group) is 1. The lowest BCUT2D eigenvalue weighted by Gasteiger charge is -2.23. The molecule has 0 saturated carbocycles. The van der Waals surface area contributed by atoms with Crippen molar-refractivity contribution in [3.8, 4) is 5.75 Å². The minimum atomic E-state index is -0.108. The Morgan fingerprint density at radius 2 is 2.12 bits per heavy atom. The first-order chi connectivity index (χ1) is 11.9. The maximum absolute atomic E-state index is 11.5. The SMILES string of the molecule is CCNC(=O)COc1cccc(CNC(=NC)N2CCC(C)(C)C2)c1.I. The van der Waals surface area contributed by atoms with Crippen molar-refractivity contribution in [3.05, 3.63) is 29.8 Å². The number of carbonyl (C=O) groups is 1. The van der Waals surface area contributed by atoms with Crippen LogP contribution in [0.15, 0.2) is 29.3 Å². The van der Waals surface area contributed by atoms with E-state index < -0.39 is 0 Å². The Morgan fingerprint density at radius 1 is 1.35 bits per heavy atom. The van der Waals surface area contributed by atoms with Crippen LogP contribution in [0, 0.1) is 5.41 Å². The van der Waals surface area contributed by atoms with Gasteiger partial charge in [-0.25, -0.2) is 0 Å². The van der Waals surface area contributed by atoms with Crippen molar-refractivity contribution in [2.75, 3.05) is 33.3 Å². The number of hydrogen-bond acceptors (Lipinski definition) is 3. The van der Waals surface area contributed by atoms with Crippen LogP contribution in [0.5, 0.6) is 5.75 Å². The van der Waals surface area contributed by atoms with Crippen LogP contribution in [-0.4, -0.2) is 50.1 Å². The van der Waals surface area contributed by atoms with Gasteiger partial charge in [0.15, 0.2) is 12.6 Å². The number of rotatable bonds is 6. The molecular weight excluding hydrogens is 443 g/mol. The highest BCUT2D eigenvalue weighted by Crippen LogP contribution is 2.28. The fourth-order valence-electron chi connectivity index (χ4n) is 2.95. The van der Waals surface area contributed by atoms with E-state index in [0.29, 0.717) is 24.3 Å². The minimum absolute atomic E-state index is 0. The van der Waals surface area contributed by atoms with E-state index in [1.165, 1.54) is 6.42 Å². The van der Waals surface area contributed by atoms with Gasteiger partial charge in [-0.3, -0.25) is 9.79 Å². The van der Waals surface area contributed by atoms with Crippen molar-refractivity contribution in [3.63, 3.8) is 0 Å². The number of carbonyl (C=O) groups excluding carboxylic acids is 1. The zero-order chi connectivity index (χ0) is 18.3. The third kappa shape index (κ3) is 7.01. The van der Waals surface area contributed by atoms with Crippen molar-refractivity contribution in [1.82, 2.24) is 15.5 Å². The van der Waals surface area contributed by atoms with Gasteiger partial charge < -0.3 is 20.3 Å². The number of guanidine groups is 1. The molecule has 1 aromatic carbocycles. The first-order valence-electron chi connectivity index (χ1n) is 8.87. The molecule has 0 aromatic heterocycles. The number of nitrogens with one attached hydrogen (secondary N) is 2. The van der Waals surface area contributed by atoms with Gasteiger partial charge in [0, 0.05) is 33.2 Å². The molecule has 0 aliphatic carbocycles. The van der Waals surface area contributed by atoms with Gasteiger partial charge >= 0.3 is 0 Å². The van der Waals surface area contributed by atoms with Gasteiger partial charge in [0.25, 0.3) is 5.91 Å². The number of benzene rings is 1. The first kappa shape index (κ1) is 22.5. The number of halogens is 1. The summed E-state index contributed by atoms with van der Waals surface area (Å²) in [6.45, 7) is 9.82. The molecule has 1 amide bonds. The molecule has 1 aliphatic rings. The second-order valence-corrected chi connectivity index (χ2v) is 7.13. The smallest absolute Gasteiger partial charge is 0.257 e. The van der Waals surface area contributed by atoms with Gasteiger partial charge in [0.05, 0.1) is 0 Å². The molecule has 0 atom stereocenters. The van der Waals surface area contributed by atoms with Crippen molar-refractivity contribution in [2.45, 2.75) is 33.7 Å². The summed E-state index contributed by atoms with van der Waals surface area (Å²) in [4.78, 5) is 18.2. The van der Waals surface area contributed by atoms with E-state index in [0.717, 1.165) is 24.6 Å². The second-order valence-electron chi connectivity index (χ2n) is 7.13. The Hall–Kier alpha value is -1.51. The van der Waals surface area contributed by atoms with E-state index in [2.05, 4.69) is 34.4 Å². The predicted molar refractivity (Wildman–Crippen MR) is 116 cm³/mol. The summed E-state index contributed by atoms with van der Waals surface area (Å²) < 4.78 is 5.54. The van der Waals surface area contributed by atoms with E-state index >= 15 is 0 Å². The molecule has 26 heavy (non-hydrogen) atoms. The highest BCUT2D eigenvalue weighted by Gasteiger charge is 2.30. The average Bonchev–Trinajstić information content (AvgIpc) is 2.94. The zero-order valence-electron chi connectivity index (χ0n) is 16.2. The lowest BCUT2D eigenvalue weighted by molar-refractivity contribution is -0.122. The van der Waals surface area contributed by atoms with Crippen LogP contribution >= 0.6 is 24.0 Å². The molecule has 146 valence electrons. The highest BCUT2D eigenvalue weighted by molar-refractivity contribution is 14.0. The summed E-state index contributed by atoms with van der Waals surface area (Å²) in [6.07, 6.45) is 1.18. The Morgan fingerprint density at radius 3 is 2.73 bits per heavy atom. The summed E-state index contributed by atoms with van der Waals surface area (Å²) in [5.74, 6) is 1.52. The average molecular weight is 474 g/mol. The molecule has 0 radical (unpaired) electrons. The summed E-state index contributed by atoms with van der Waals surface area (Å²) in [6, 6.07) is 7.78. The maximum Gasteiger partial charge on any atom is 0.257 e. The fourth-order valence-corrected chi connectivity index (χ4v) is 2.95. The monoisotopic (exact) mass is 474 g/mol. The molecule has 0 spiro atoms. The summed E-state index contributed by atoms with van der Waals surface area (Å²) in [7, 11) is 1.82. The first-order valence-corrected chi connectivity index (χ1v) is 8.87. The Bertz CT molecular complexity index is 619. The molecule has 1 aliphatic heterocycles. The van der Waals surface area contributed by atoms with Gasteiger partial charge in [-0.15, -0.1) is 24.0 Å². The predicted octanol–water partition coefficient (Wildman–Crippen LogP) is 2.63. The third-order valence-corrected chi connectivity index (χ3v) is 4.28. The number of ether oxygens (including phenoxy) is 1. The van der Waals surface area contributed by atoms with Gasteiger partial charge in [0.2, 0.25) is 0 Å². The number of hydrogen-bond donors (Lipinski definition) is 2. The topological polar surface area (TPSA) is 66.0 Å². The molecule has 1 aromatic rings. The van der Waals surface area contributed by atoms with Gasteiger partial charge in [-0.2, -0.15) is 0 Å². The molecule has 1 heterocycles. The lowest BCUT2D eigenvalue weighted by Crippen LogP contribution is -2.40. The lowest BCUT2D eigenvalue weighted by atomic mass is 9.93. The van der Waals surface area contributed by atoms with Crippen LogP contribution in [0.3, 0.4) is 0 Å². The molecule has 0 unspecified atom stereocenters. The quantitative estimate of drug-likeness (QED) is 0.378. The van der Waals surface area contributed by atoms with Crippen LogP contribution in [0.4, 0.5) is 0 Å². The number of amides is 1. The van der Waals surface area contributed by atoms with Crippen LogP contribution in [0.25, 0.3) is 0 Å². The van der Waals surface area contributed by atoms with Crippen molar-refractivity contribution in [2.24, 2.45) is 10.4 Å². The fraction of sp³-hybridized carbons (Fsp3) is 0.579. The molecule has 6 nitrogen and oxygen atoms in total. The minimum Gasteiger partial charge on any atom is -0.484 e. The molecule has 0 bridgehead atoms. The molecule has 7 heteroatoms. The zero-order valence-corrected chi connectivity index (χ0v) is 18.5. The number of likely N-dealkylation sites (tertiary alicyclic amines) is 1. The standard InChI is InChI=1S/C19H30N4O2.HI/c1-5-21-17(24)13-25-16-8-6-7-15(11-16)12-22-18(20-4)23-10-9-19(2,3)14-23;/h6-8,11H,5,9-10,12-14H2,1-4H3,(H,20,22)(H,21,24);1H. The summed E-state index contributed by atoms with van der Waals surface area (Å²) >= 11 is 0. The number of aliphatic imine (C=N–C) groups is 1. The molecule has 1 fully saturated rings. The Labute approximate surface area is 173 Å². The van der Waals surface area contributed by atoms with Gasteiger partial charge in [-0.1, -0.05) is 26.0 Å². The van der Waals surface area contributed by atoms with Crippen molar-refractivity contribution >= 4 is 35.8 Å². The van der Waals surface area contributed by atoms with Crippen LogP contribution < -0.4 is 15.4 Å². The van der Waals surface area contributed by atoms with E-state index in [-0.39, 0.29) is 36.5 Å². The Kier molecular flexibility index (Phi) is 9.18. The van der Waals surface area contributed by atoms with Crippen LogP contribution in [0.2, 0.25) is 0 Å². The van der Waals surface area contributed by atoms with E-state index in [1.807, 2.05) is 38.2 Å². The highest BCUT2D eigenvalue weighted by atomic mass is 127. The second kappa shape index (κ2) is 10.6. The normalized spacial score (nSPS) is 16.0. The third-order valence-electron chi connectivity index (χ3n) is 4.28. The molecule has 2 rings (SSSR count). The van der Waals surface area contributed by atoms with Gasteiger partial charge in [-0.05, 0) is 36.5 Å². The largest absolute Gasteiger partial charge is 0.484 e. The van der Waals surface area contributed by atoms with E-state index in [4.69, 9.17) is 4.74 Å². The molecule has 2 N–H and O–H groups in total. The van der Waals surface area contributed by atoms with Gasteiger partial charge in [0.1, 0.15) is 5.75 Å². The van der Waals surface area contributed by atoms with Crippen molar-refractivity contribution < 1.29 is 9.53 Å². The van der Waals surface area contributed by atoms with Crippen LogP contribution in [0.1, 0.15) is 32.8 Å². The summed E-state index contributed by atoms with van der Waals surface area (Å²) in [5, 5.41) is 6.14. The maximum atomic E-state index is 11.5. The Balaban J connectivity index is 0.00000338. The molecular formula is C19H31IN4O2. The number of nitrogens with zero attached hydrogens (tertiary/aromatic N) is 2. The molecule has 1 saturated heterocycles. The van der Waals surface area contributed by atoms with E-state index in [1.54, 1.807) is 0 Å². The van der Waals surface area contributed by atoms with Crippen molar-refractivity contribution in [1.29, 1.82) is 0 Å². The summed E-state index contributed by atoms with van der Waals surface area (Å²) in [5.41, 5.74) is 1.43. The van der Waals surface area contributed by atoms with E-state index in [9.17, 15) is 4.79 Å². The van der Waals surface area contributed by atoms with Crippen LogP contribution in [-0.2, 0) is 11.3 Å².